The summed E-state index contributed by atoms with van der Waals surface area (Å²) >= 11 is 12.8. The summed E-state index contributed by atoms with van der Waals surface area (Å²) in [6.45, 7) is 0. The van der Waals surface area contributed by atoms with E-state index in [1.165, 1.54) is 0 Å². The van der Waals surface area contributed by atoms with E-state index in [9.17, 15) is 4.79 Å². The maximum atomic E-state index is 12.3. The van der Waals surface area contributed by atoms with E-state index in [0.717, 1.165) is 44.3 Å². The Bertz CT molecular complexity index is 1460. The molecule has 3 aromatic heterocycles. The number of benzene rings is 2. The smallest absolute Gasteiger partial charge is 0.251 e. The largest absolute Gasteiger partial charge is 0.330 e. The summed E-state index contributed by atoms with van der Waals surface area (Å²) < 4.78 is 3.70. The van der Waals surface area contributed by atoms with Gasteiger partial charge in [0, 0.05) is 63.9 Å². The summed E-state index contributed by atoms with van der Waals surface area (Å²) in [6.07, 6.45) is 1.79. The summed E-state index contributed by atoms with van der Waals surface area (Å²) in [7, 11) is 3.75. The van der Waals surface area contributed by atoms with Gasteiger partial charge in [0.15, 0.2) is 0 Å². The number of nitrogens with one attached hydrogen (secondary N) is 1. The minimum Gasteiger partial charge on any atom is -0.330 e. The molecule has 3 heterocycles. The number of nitrogens with zero attached hydrogens (tertiary/aromatic N) is 3. The van der Waals surface area contributed by atoms with Gasteiger partial charge in [0.2, 0.25) is 0 Å². The molecule has 0 aliphatic heterocycles. The van der Waals surface area contributed by atoms with Gasteiger partial charge in [-0.25, -0.2) is 0 Å². The zero-order valence-electron chi connectivity index (χ0n) is 15.7. The maximum Gasteiger partial charge on any atom is 0.251 e. The van der Waals surface area contributed by atoms with Crippen molar-refractivity contribution in [2.24, 2.45) is 14.1 Å². The number of aromatic amines is 1. The van der Waals surface area contributed by atoms with Crippen molar-refractivity contribution in [1.82, 2.24) is 19.3 Å². The molecular formula is C22H16Cl2N4O. The van der Waals surface area contributed by atoms with E-state index in [1.54, 1.807) is 29.9 Å². The molecule has 29 heavy (non-hydrogen) atoms. The molecular weight excluding hydrogens is 407 g/mol. The average molecular weight is 423 g/mol. The first-order valence-electron chi connectivity index (χ1n) is 9.04. The SMILES string of the molecule is Cn1c(=O)ccc2c3c(-c4ccc(Cl)cc4Cl)c(-c4cc[nH]n4)ccc3n(C)c21. The van der Waals surface area contributed by atoms with Gasteiger partial charge in [-0.2, -0.15) is 5.10 Å². The lowest BCUT2D eigenvalue weighted by Crippen LogP contribution is -2.16. The molecule has 5 nitrogen and oxygen atoms in total. The van der Waals surface area contributed by atoms with Crippen LogP contribution in [-0.2, 0) is 14.1 Å². The molecule has 0 bridgehead atoms. The standard InChI is InChI=1S/C22H16Cl2N4O/c1-27-18-7-5-14(17-9-10-25-26-17)20(13-4-3-12(23)11-16(13)24)21(18)15-6-8-19(29)28(2)22(15)27/h3-11H,1-2H3,(H,25,26). The fourth-order valence-electron chi connectivity index (χ4n) is 4.08. The lowest BCUT2D eigenvalue weighted by Gasteiger charge is -2.13. The fourth-order valence-corrected chi connectivity index (χ4v) is 4.58. The number of halogens is 2. The van der Waals surface area contributed by atoms with E-state index < -0.39 is 0 Å². The van der Waals surface area contributed by atoms with Gasteiger partial charge in [-0.15, -0.1) is 0 Å². The molecule has 0 atom stereocenters. The van der Waals surface area contributed by atoms with Crippen molar-refractivity contribution in [1.29, 1.82) is 0 Å². The molecule has 0 radical (unpaired) electrons. The Labute approximate surface area is 176 Å². The molecule has 1 N–H and O–H groups in total. The number of aromatic nitrogens is 4. The highest BCUT2D eigenvalue weighted by Gasteiger charge is 2.21. The van der Waals surface area contributed by atoms with Crippen molar-refractivity contribution >= 4 is 45.1 Å². The second kappa shape index (κ2) is 6.51. The predicted octanol–water partition coefficient (Wildman–Crippen LogP) is 5.39. The topological polar surface area (TPSA) is 55.6 Å². The minimum atomic E-state index is -0.0537. The summed E-state index contributed by atoms with van der Waals surface area (Å²) in [6, 6.07) is 15.0. The highest BCUT2D eigenvalue weighted by atomic mass is 35.5. The quantitative estimate of drug-likeness (QED) is 0.414. The predicted molar refractivity (Wildman–Crippen MR) is 119 cm³/mol. The van der Waals surface area contributed by atoms with Crippen LogP contribution in [0.25, 0.3) is 44.3 Å². The Morgan fingerprint density at radius 2 is 1.72 bits per heavy atom. The Morgan fingerprint density at radius 3 is 2.45 bits per heavy atom. The molecule has 0 saturated heterocycles. The maximum absolute atomic E-state index is 12.3. The number of hydrogen-bond donors (Lipinski definition) is 1. The monoisotopic (exact) mass is 422 g/mol. The molecule has 0 spiro atoms. The van der Waals surface area contributed by atoms with E-state index in [-0.39, 0.29) is 5.56 Å². The molecule has 144 valence electrons. The van der Waals surface area contributed by atoms with Crippen LogP contribution in [0.3, 0.4) is 0 Å². The Kier molecular flexibility index (Phi) is 4.05. The molecule has 2 aromatic carbocycles. The van der Waals surface area contributed by atoms with Crippen LogP contribution < -0.4 is 5.56 Å². The number of fused-ring (bicyclic) bond motifs is 3. The Hall–Kier alpha value is -3.02. The lowest BCUT2D eigenvalue weighted by atomic mass is 9.93. The van der Waals surface area contributed by atoms with Crippen LogP contribution in [0, 0.1) is 0 Å². The first-order chi connectivity index (χ1) is 14.0. The van der Waals surface area contributed by atoms with Crippen molar-refractivity contribution in [3.63, 3.8) is 0 Å². The second-order valence-electron chi connectivity index (χ2n) is 6.99. The number of rotatable bonds is 2. The normalized spacial score (nSPS) is 11.6. The highest BCUT2D eigenvalue weighted by Crippen LogP contribution is 2.44. The number of aryl methyl sites for hydroxylation is 2. The number of pyridine rings is 1. The van der Waals surface area contributed by atoms with E-state index in [0.29, 0.717) is 10.0 Å². The van der Waals surface area contributed by atoms with Gasteiger partial charge in [-0.05, 0) is 30.3 Å². The lowest BCUT2D eigenvalue weighted by molar-refractivity contribution is 0.845. The summed E-state index contributed by atoms with van der Waals surface area (Å²) in [4.78, 5) is 12.3. The molecule has 5 aromatic rings. The fraction of sp³-hybridized carbons (Fsp3) is 0.0909. The third-order valence-electron chi connectivity index (χ3n) is 5.39. The molecule has 0 aliphatic rings. The van der Waals surface area contributed by atoms with E-state index in [2.05, 4.69) is 16.3 Å². The molecule has 0 aliphatic carbocycles. The van der Waals surface area contributed by atoms with E-state index in [1.807, 2.05) is 41.9 Å². The van der Waals surface area contributed by atoms with Crippen LogP contribution in [0.4, 0.5) is 0 Å². The van der Waals surface area contributed by atoms with Crippen LogP contribution in [0.2, 0.25) is 10.0 Å². The van der Waals surface area contributed by atoms with Gasteiger partial charge in [0.05, 0.1) is 11.2 Å². The molecule has 0 amide bonds. The molecule has 5 rings (SSSR count). The van der Waals surface area contributed by atoms with Crippen molar-refractivity contribution < 1.29 is 0 Å². The van der Waals surface area contributed by atoms with Crippen LogP contribution in [-0.4, -0.2) is 19.3 Å². The van der Waals surface area contributed by atoms with Gasteiger partial charge in [0.1, 0.15) is 5.65 Å². The van der Waals surface area contributed by atoms with Gasteiger partial charge in [-0.3, -0.25) is 14.5 Å². The third kappa shape index (κ3) is 2.62. The summed E-state index contributed by atoms with van der Waals surface area (Å²) in [5.41, 5.74) is 5.38. The zero-order valence-corrected chi connectivity index (χ0v) is 17.2. The highest BCUT2D eigenvalue weighted by molar-refractivity contribution is 6.37. The molecule has 0 fully saturated rings. The number of hydrogen-bond acceptors (Lipinski definition) is 2. The van der Waals surface area contributed by atoms with E-state index in [4.69, 9.17) is 23.2 Å². The van der Waals surface area contributed by atoms with Gasteiger partial charge >= 0.3 is 0 Å². The van der Waals surface area contributed by atoms with Crippen LogP contribution >= 0.6 is 23.2 Å². The average Bonchev–Trinajstić information content (AvgIpc) is 3.32. The van der Waals surface area contributed by atoms with Crippen molar-refractivity contribution in [3.8, 4) is 22.4 Å². The first kappa shape index (κ1) is 18.0. The van der Waals surface area contributed by atoms with Crippen molar-refractivity contribution in [2.45, 2.75) is 0 Å². The molecule has 0 saturated carbocycles. The minimum absolute atomic E-state index is 0.0537. The summed E-state index contributed by atoms with van der Waals surface area (Å²) in [5.74, 6) is 0. The van der Waals surface area contributed by atoms with Crippen molar-refractivity contribution in [2.75, 3.05) is 0 Å². The second-order valence-corrected chi connectivity index (χ2v) is 7.84. The molecule has 0 unspecified atom stereocenters. The van der Waals surface area contributed by atoms with Crippen LogP contribution in [0.1, 0.15) is 0 Å². The van der Waals surface area contributed by atoms with Gasteiger partial charge < -0.3 is 4.57 Å². The summed E-state index contributed by atoms with van der Waals surface area (Å²) in [5, 5.41) is 10.4. The van der Waals surface area contributed by atoms with Crippen LogP contribution in [0.5, 0.6) is 0 Å². The van der Waals surface area contributed by atoms with Gasteiger partial charge in [-0.1, -0.05) is 35.3 Å². The number of H-pyrrole nitrogens is 1. The van der Waals surface area contributed by atoms with E-state index >= 15 is 0 Å². The van der Waals surface area contributed by atoms with Crippen LogP contribution in [0.15, 0.2) is 59.5 Å². The zero-order chi connectivity index (χ0) is 20.3. The van der Waals surface area contributed by atoms with Gasteiger partial charge in [0.25, 0.3) is 5.56 Å². The Morgan fingerprint density at radius 1 is 0.931 bits per heavy atom. The Balaban J connectivity index is 2.04. The molecule has 7 heteroatoms. The third-order valence-corrected chi connectivity index (χ3v) is 5.94. The first-order valence-corrected chi connectivity index (χ1v) is 9.79. The van der Waals surface area contributed by atoms with Crippen molar-refractivity contribution in [3.05, 3.63) is 75.1 Å².